The van der Waals surface area contributed by atoms with Gasteiger partial charge in [0.2, 0.25) is 0 Å². The van der Waals surface area contributed by atoms with Crippen LogP contribution in [0, 0.1) is 0 Å². The second-order valence-corrected chi connectivity index (χ2v) is 4.68. The van der Waals surface area contributed by atoms with E-state index in [-0.39, 0.29) is 68.9 Å². The van der Waals surface area contributed by atoms with Crippen molar-refractivity contribution in [2.24, 2.45) is 0 Å². The standard InChI is InChI=1S/2Cr.Cs.2H2O.5O/h;;;2*1H2;;;;;/q2*+1;;;;;;;;/p-2. The van der Waals surface area contributed by atoms with Crippen LogP contribution in [0.2, 0.25) is 0 Å². The zero-order valence-electron chi connectivity index (χ0n) is 4.75. The Morgan fingerprint density at radius 3 is 1.10 bits per heavy atom. The predicted octanol–water partition coefficient (Wildman–Crippen LogP) is -2.04. The van der Waals surface area contributed by atoms with Crippen LogP contribution in [0.4, 0.5) is 0 Å². The van der Waals surface area contributed by atoms with Gasteiger partial charge in [0.05, 0.1) is 0 Å². The average Bonchev–Trinajstić information content (AvgIpc) is 1.14. The Kier molecular flexibility index (Phi) is 7.41. The molecule has 0 aliphatic heterocycles. The summed E-state index contributed by atoms with van der Waals surface area (Å²) >= 11 is -11.5. The van der Waals surface area contributed by atoms with E-state index in [1.807, 2.05) is 0 Å². The minimum atomic E-state index is -5.76. The molecule has 0 aliphatic rings. The first-order chi connectivity index (χ1) is 3.71. The average molecular weight is 351 g/mol. The van der Waals surface area contributed by atoms with Gasteiger partial charge in [-0.3, -0.25) is 0 Å². The first kappa shape index (κ1) is 14.7. The van der Waals surface area contributed by atoms with Crippen LogP contribution in [-0.4, -0.2) is 77.2 Å². The molecule has 0 rings (SSSR count). The summed E-state index contributed by atoms with van der Waals surface area (Å²) in [5.74, 6) is 0. The summed E-state index contributed by atoms with van der Waals surface area (Å²) in [7, 11) is 0. The SMILES string of the molecule is [Cs].[O]=[Cr](=[O])([OH])[O][Cr](=[O])(=[O])[OH]. The van der Waals surface area contributed by atoms with Gasteiger partial charge in [-0.05, 0) is 0 Å². The Morgan fingerprint density at radius 2 is 1.10 bits per heavy atom. The quantitative estimate of drug-likeness (QED) is 0.588. The molecule has 0 atom stereocenters. The Hall–Kier alpha value is 2.20. The summed E-state index contributed by atoms with van der Waals surface area (Å²) in [6.45, 7) is 0. The van der Waals surface area contributed by atoms with Crippen molar-refractivity contribution in [2.45, 2.75) is 0 Å². The van der Waals surface area contributed by atoms with Crippen molar-refractivity contribution in [2.75, 3.05) is 0 Å². The van der Waals surface area contributed by atoms with Gasteiger partial charge in [0, 0.05) is 68.9 Å². The van der Waals surface area contributed by atoms with E-state index in [2.05, 4.69) is 2.84 Å². The molecule has 10 heteroatoms. The van der Waals surface area contributed by atoms with Crippen LogP contribution in [0.1, 0.15) is 0 Å². The molecule has 0 spiro atoms. The summed E-state index contributed by atoms with van der Waals surface area (Å²) < 4.78 is 56.3. The van der Waals surface area contributed by atoms with Crippen LogP contribution >= 0.6 is 0 Å². The zero-order valence-corrected chi connectivity index (χ0v) is 13.6. The van der Waals surface area contributed by atoms with Crippen molar-refractivity contribution in [3.8, 4) is 0 Å². The van der Waals surface area contributed by atoms with Crippen LogP contribution in [0.3, 0.4) is 0 Å². The molecule has 0 fully saturated rings. The molecule has 0 amide bonds. The molecule has 0 aliphatic carbocycles. The molecule has 2 N–H and O–H groups in total. The van der Waals surface area contributed by atoms with E-state index in [1.165, 1.54) is 0 Å². The van der Waals surface area contributed by atoms with Gasteiger partial charge in [0.25, 0.3) is 0 Å². The maximum absolute atomic E-state index is 9.53. The van der Waals surface area contributed by atoms with Gasteiger partial charge in [0.15, 0.2) is 0 Å². The molecule has 0 unspecified atom stereocenters. The minimum absolute atomic E-state index is 0. The fourth-order valence-corrected chi connectivity index (χ4v) is 1.85. The molecule has 1 radical (unpaired) electrons. The van der Waals surface area contributed by atoms with Crippen molar-refractivity contribution in [3.63, 3.8) is 0 Å². The Balaban J connectivity index is 0. The van der Waals surface area contributed by atoms with Crippen LogP contribution < -0.4 is 0 Å². The van der Waals surface area contributed by atoms with Gasteiger partial charge < -0.3 is 0 Å². The normalized spacial score (nSPS) is 12.2. The summed E-state index contributed by atoms with van der Waals surface area (Å²) in [6, 6.07) is 0. The molecular formula is H2Cr2CsO7. The van der Waals surface area contributed by atoms with Crippen molar-refractivity contribution in [3.05, 3.63) is 0 Å². The summed E-state index contributed by atoms with van der Waals surface area (Å²) in [4.78, 5) is 0. The van der Waals surface area contributed by atoms with Gasteiger partial charge >= 0.3 is 53.6 Å². The second-order valence-electron chi connectivity index (χ2n) is 0.924. The van der Waals surface area contributed by atoms with E-state index in [9.17, 15) is 15.2 Å². The first-order valence-electron chi connectivity index (χ1n) is 1.37. The predicted molar refractivity (Wildman–Crippen MR) is 14.0 cm³/mol. The van der Waals surface area contributed by atoms with Crippen molar-refractivity contribution in [1.82, 2.24) is 0 Å². The van der Waals surface area contributed by atoms with Crippen molar-refractivity contribution >= 4 is 68.9 Å². The first-order valence-corrected chi connectivity index (χ1v) is 5.63. The second kappa shape index (κ2) is 5.04. The topological polar surface area (TPSA) is 118 Å². The van der Waals surface area contributed by atoms with Crippen LogP contribution in [0.25, 0.3) is 0 Å². The summed E-state index contributed by atoms with van der Waals surface area (Å²) in [6.07, 6.45) is 0. The molecule has 0 aromatic rings. The monoisotopic (exact) mass is 351 g/mol. The molecule has 0 heterocycles. The van der Waals surface area contributed by atoms with Crippen LogP contribution in [0.15, 0.2) is 0 Å². The van der Waals surface area contributed by atoms with Crippen LogP contribution in [-0.2, 0) is 45.3 Å². The third-order valence-electron chi connectivity index (χ3n) is 0.172. The van der Waals surface area contributed by atoms with Gasteiger partial charge in [-0.2, -0.15) is 0 Å². The number of hydrogen-bond acceptors (Lipinski definition) is 5. The summed E-state index contributed by atoms with van der Waals surface area (Å²) in [5.41, 5.74) is 0. The molecular weight excluding hydrogens is 349 g/mol. The third-order valence-corrected chi connectivity index (χ3v) is 2.92. The zero-order chi connectivity index (χ0) is 7.71. The molecule has 0 bridgehead atoms. The molecule has 10 heavy (non-hydrogen) atoms. The van der Waals surface area contributed by atoms with Gasteiger partial charge in [0.1, 0.15) is 0 Å². The van der Waals surface area contributed by atoms with Gasteiger partial charge in [-0.15, -0.1) is 0 Å². The Labute approximate surface area is 119 Å². The van der Waals surface area contributed by atoms with Crippen LogP contribution in [0.5, 0.6) is 0 Å². The van der Waals surface area contributed by atoms with E-state index < -0.39 is 27.2 Å². The molecule has 0 saturated carbocycles. The fourth-order valence-electron chi connectivity index (χ4n) is 0.109. The maximum atomic E-state index is 9.53. The Bertz CT molecular complexity index is 237. The summed E-state index contributed by atoms with van der Waals surface area (Å²) in [5, 5.41) is 0. The number of hydrogen-bond donors (Lipinski definition) is 2. The van der Waals surface area contributed by atoms with E-state index in [1.54, 1.807) is 0 Å². The molecule has 0 aromatic carbocycles. The van der Waals surface area contributed by atoms with E-state index in [0.717, 1.165) is 0 Å². The van der Waals surface area contributed by atoms with E-state index >= 15 is 0 Å². The fraction of sp³-hybridized carbons (Fsp3) is 0. The van der Waals surface area contributed by atoms with E-state index in [4.69, 9.17) is 8.32 Å². The van der Waals surface area contributed by atoms with Gasteiger partial charge in [-0.1, -0.05) is 0 Å². The molecule has 0 aromatic heterocycles. The van der Waals surface area contributed by atoms with Crippen molar-refractivity contribution < 1.29 is 53.6 Å². The van der Waals surface area contributed by atoms with Crippen molar-refractivity contribution in [1.29, 1.82) is 0 Å². The Morgan fingerprint density at radius 1 is 0.900 bits per heavy atom. The molecule has 7 nitrogen and oxygen atoms in total. The molecule has 57 valence electrons. The van der Waals surface area contributed by atoms with Gasteiger partial charge in [-0.25, -0.2) is 0 Å². The molecule has 0 saturated heterocycles. The van der Waals surface area contributed by atoms with E-state index in [0.29, 0.717) is 0 Å². The third kappa shape index (κ3) is 12.8. The number of rotatable bonds is 2.